The van der Waals surface area contributed by atoms with Crippen molar-refractivity contribution in [3.63, 3.8) is 0 Å². The summed E-state index contributed by atoms with van der Waals surface area (Å²) < 4.78 is 4.30. The van der Waals surface area contributed by atoms with Crippen molar-refractivity contribution in [1.82, 2.24) is 0 Å². The van der Waals surface area contributed by atoms with E-state index in [9.17, 15) is 9.59 Å². The van der Waals surface area contributed by atoms with Crippen LogP contribution in [0.4, 0.5) is 0 Å². The first kappa shape index (κ1) is 4.73. The minimum Gasteiger partial charge on any atom is -0.389 e. The Balaban J connectivity index is 2.42. The lowest BCUT2D eigenvalue weighted by atomic mass is 9.87. The number of fused-ring (bicyclic) bond motifs is 1. The summed E-state index contributed by atoms with van der Waals surface area (Å²) in [5.74, 6) is -1.04. The standard InChI is InChI=1S/C6H4O3/c7-5-3-1-2-4(3)6(8)9-5/h1,4H,2H2. The third-order valence-corrected chi connectivity index (χ3v) is 1.66. The SMILES string of the molecule is O=C1OC(=O)C2CC=C12. The van der Waals surface area contributed by atoms with Crippen molar-refractivity contribution in [1.29, 1.82) is 0 Å². The van der Waals surface area contributed by atoms with Crippen LogP contribution < -0.4 is 0 Å². The third kappa shape index (κ3) is 0.415. The maximum atomic E-state index is 10.6. The number of hydrogen-bond acceptors (Lipinski definition) is 3. The van der Waals surface area contributed by atoms with E-state index in [0.717, 1.165) is 0 Å². The molecule has 46 valence electrons. The highest BCUT2D eigenvalue weighted by atomic mass is 16.6. The van der Waals surface area contributed by atoms with E-state index in [1.165, 1.54) is 0 Å². The molecular formula is C6H4O3. The number of ether oxygens (including phenoxy) is 1. The molecule has 0 spiro atoms. The molecule has 3 heteroatoms. The van der Waals surface area contributed by atoms with Gasteiger partial charge in [0.2, 0.25) is 0 Å². The molecule has 1 fully saturated rings. The van der Waals surface area contributed by atoms with Crippen LogP contribution in [0.15, 0.2) is 11.6 Å². The van der Waals surface area contributed by atoms with Crippen LogP contribution in [0, 0.1) is 5.92 Å². The molecule has 1 unspecified atom stereocenters. The molecule has 1 aliphatic heterocycles. The second-order valence-corrected chi connectivity index (χ2v) is 2.16. The lowest BCUT2D eigenvalue weighted by molar-refractivity contribution is -0.152. The highest BCUT2D eigenvalue weighted by molar-refractivity contribution is 6.09. The van der Waals surface area contributed by atoms with E-state index in [0.29, 0.717) is 12.0 Å². The second-order valence-electron chi connectivity index (χ2n) is 2.16. The molecule has 1 heterocycles. The minimum atomic E-state index is -0.448. The average molecular weight is 124 g/mol. The number of rotatable bonds is 0. The van der Waals surface area contributed by atoms with Crippen LogP contribution >= 0.6 is 0 Å². The number of carbonyl (C=O) groups is 2. The van der Waals surface area contributed by atoms with Crippen molar-refractivity contribution in [2.24, 2.45) is 5.92 Å². The van der Waals surface area contributed by atoms with Crippen LogP contribution in [0.1, 0.15) is 6.42 Å². The van der Waals surface area contributed by atoms with Gasteiger partial charge in [0.15, 0.2) is 0 Å². The first-order valence-electron chi connectivity index (χ1n) is 2.75. The van der Waals surface area contributed by atoms with Crippen LogP contribution in [0.5, 0.6) is 0 Å². The first-order chi connectivity index (χ1) is 4.29. The fourth-order valence-corrected chi connectivity index (χ4v) is 1.02. The predicted octanol–water partition coefficient (Wildman–Crippen LogP) is 0.0161. The molecule has 0 aromatic rings. The molecule has 0 saturated carbocycles. The van der Waals surface area contributed by atoms with Gasteiger partial charge in [0, 0.05) is 5.57 Å². The fraction of sp³-hybridized carbons (Fsp3) is 0.333. The average Bonchev–Trinajstić information content (AvgIpc) is 1.73. The highest BCUT2D eigenvalue weighted by Crippen LogP contribution is 2.34. The molecule has 2 rings (SSSR count). The summed E-state index contributed by atoms with van der Waals surface area (Å²) in [6.07, 6.45) is 2.41. The van der Waals surface area contributed by atoms with Gasteiger partial charge in [0.25, 0.3) is 0 Å². The Hall–Kier alpha value is -1.12. The van der Waals surface area contributed by atoms with Gasteiger partial charge < -0.3 is 4.74 Å². The zero-order valence-electron chi connectivity index (χ0n) is 4.59. The summed E-state index contributed by atoms with van der Waals surface area (Å²) in [4.78, 5) is 21.1. The lowest BCUT2D eigenvalue weighted by Gasteiger charge is -2.10. The van der Waals surface area contributed by atoms with Gasteiger partial charge in [-0.1, -0.05) is 6.08 Å². The molecule has 0 N–H and O–H groups in total. The Morgan fingerprint density at radius 3 is 2.56 bits per heavy atom. The molecule has 3 nitrogen and oxygen atoms in total. The Bertz CT molecular complexity index is 226. The number of hydrogen-bond donors (Lipinski definition) is 0. The molecule has 0 amide bonds. The maximum absolute atomic E-state index is 10.6. The van der Waals surface area contributed by atoms with Gasteiger partial charge in [0.05, 0.1) is 5.92 Å². The minimum absolute atomic E-state index is 0.211. The molecule has 0 aromatic carbocycles. The van der Waals surface area contributed by atoms with Gasteiger partial charge in [-0.15, -0.1) is 0 Å². The summed E-state index contributed by atoms with van der Waals surface area (Å²) in [5.41, 5.74) is 0.556. The smallest absolute Gasteiger partial charge is 0.342 e. The molecule has 2 aliphatic rings. The van der Waals surface area contributed by atoms with Crippen molar-refractivity contribution in [3.05, 3.63) is 11.6 Å². The van der Waals surface area contributed by atoms with Gasteiger partial charge in [-0.3, -0.25) is 4.79 Å². The highest BCUT2D eigenvalue weighted by Gasteiger charge is 2.43. The van der Waals surface area contributed by atoms with Crippen molar-refractivity contribution in [2.45, 2.75) is 6.42 Å². The van der Waals surface area contributed by atoms with Crippen molar-refractivity contribution in [3.8, 4) is 0 Å². The van der Waals surface area contributed by atoms with Crippen LogP contribution in [0.25, 0.3) is 0 Å². The summed E-state index contributed by atoms with van der Waals surface area (Å²) in [5, 5.41) is 0. The molecule has 0 bridgehead atoms. The van der Waals surface area contributed by atoms with Crippen molar-refractivity contribution < 1.29 is 14.3 Å². The lowest BCUT2D eigenvalue weighted by Crippen LogP contribution is -2.14. The Labute approximate surface area is 51.3 Å². The predicted molar refractivity (Wildman–Crippen MR) is 27.3 cm³/mol. The topological polar surface area (TPSA) is 43.4 Å². The van der Waals surface area contributed by atoms with E-state index < -0.39 is 5.97 Å². The molecule has 1 atom stereocenters. The molecule has 0 radical (unpaired) electrons. The Kier molecular flexibility index (Phi) is 0.649. The third-order valence-electron chi connectivity index (χ3n) is 1.66. The van der Waals surface area contributed by atoms with Gasteiger partial charge in [-0.25, -0.2) is 4.79 Å². The van der Waals surface area contributed by atoms with Crippen LogP contribution in [-0.4, -0.2) is 11.9 Å². The zero-order chi connectivity index (χ0) is 6.43. The van der Waals surface area contributed by atoms with E-state index in [4.69, 9.17) is 0 Å². The van der Waals surface area contributed by atoms with Gasteiger partial charge in [-0.2, -0.15) is 0 Å². The van der Waals surface area contributed by atoms with Crippen LogP contribution in [0.2, 0.25) is 0 Å². The molecule has 0 aromatic heterocycles. The second kappa shape index (κ2) is 1.23. The normalized spacial score (nSPS) is 30.7. The van der Waals surface area contributed by atoms with Gasteiger partial charge in [-0.05, 0) is 6.42 Å². The van der Waals surface area contributed by atoms with Crippen molar-refractivity contribution >= 4 is 11.9 Å². The van der Waals surface area contributed by atoms with E-state index >= 15 is 0 Å². The Morgan fingerprint density at radius 2 is 2.33 bits per heavy atom. The molecular weight excluding hydrogens is 120 g/mol. The summed E-state index contributed by atoms with van der Waals surface area (Å²) in [6.45, 7) is 0. The van der Waals surface area contributed by atoms with E-state index in [-0.39, 0.29) is 11.9 Å². The zero-order valence-corrected chi connectivity index (χ0v) is 4.59. The van der Waals surface area contributed by atoms with E-state index in [2.05, 4.69) is 4.74 Å². The monoisotopic (exact) mass is 124 g/mol. The summed E-state index contributed by atoms with van der Waals surface area (Å²) in [7, 11) is 0. The summed E-state index contributed by atoms with van der Waals surface area (Å²) in [6, 6.07) is 0. The van der Waals surface area contributed by atoms with E-state index in [1.54, 1.807) is 6.08 Å². The van der Waals surface area contributed by atoms with Gasteiger partial charge >= 0.3 is 11.9 Å². The maximum Gasteiger partial charge on any atom is 0.342 e. The number of cyclic esters (lactones) is 2. The largest absolute Gasteiger partial charge is 0.389 e. The number of allylic oxidation sites excluding steroid dienone is 1. The Morgan fingerprint density at radius 1 is 1.56 bits per heavy atom. The first-order valence-corrected chi connectivity index (χ1v) is 2.75. The van der Waals surface area contributed by atoms with Crippen LogP contribution in [0.3, 0.4) is 0 Å². The quantitative estimate of drug-likeness (QED) is 0.337. The molecule has 1 saturated heterocycles. The van der Waals surface area contributed by atoms with Crippen molar-refractivity contribution in [2.75, 3.05) is 0 Å². The molecule has 1 aliphatic carbocycles. The number of esters is 2. The van der Waals surface area contributed by atoms with E-state index in [1.807, 2.05) is 0 Å². The molecule has 9 heavy (non-hydrogen) atoms. The van der Waals surface area contributed by atoms with Crippen LogP contribution in [-0.2, 0) is 14.3 Å². The number of carbonyl (C=O) groups excluding carboxylic acids is 2. The fourth-order valence-electron chi connectivity index (χ4n) is 1.02. The van der Waals surface area contributed by atoms with Gasteiger partial charge in [0.1, 0.15) is 0 Å². The summed E-state index contributed by atoms with van der Waals surface area (Å²) >= 11 is 0.